The molecule has 0 spiro atoms. The minimum absolute atomic E-state index is 0.0538. The summed E-state index contributed by atoms with van der Waals surface area (Å²) in [5.74, 6) is 0.218. The molecule has 2 unspecified atom stereocenters. The molecular formula is C54H74Cl2N8O4. The van der Waals surface area contributed by atoms with Gasteiger partial charge in [0.05, 0.1) is 23.4 Å². The monoisotopic (exact) mass is 969 g/mol. The molecule has 68 heavy (non-hydrogen) atoms. The Labute approximate surface area is 414 Å². The van der Waals surface area contributed by atoms with Crippen LogP contribution in [0.3, 0.4) is 0 Å². The molecule has 0 amide bonds. The lowest BCUT2D eigenvalue weighted by Crippen LogP contribution is -2.46. The Kier molecular flexibility index (Phi) is 18.0. The zero-order valence-corrected chi connectivity index (χ0v) is 42.3. The van der Waals surface area contributed by atoms with E-state index in [-0.39, 0.29) is 24.4 Å². The molecule has 4 aliphatic rings. The maximum Gasteiger partial charge on any atom is 0.350 e. The van der Waals surface area contributed by atoms with Crippen molar-refractivity contribution >= 4 is 28.9 Å². The molecule has 0 bridgehead atoms. The average molecular weight is 970 g/mol. The van der Waals surface area contributed by atoms with E-state index in [1.165, 1.54) is 112 Å². The first-order valence-electron chi connectivity index (χ1n) is 25.9. The Morgan fingerprint density at radius 2 is 1.63 bits per heavy atom. The summed E-state index contributed by atoms with van der Waals surface area (Å²) < 4.78 is 25.1. The highest BCUT2D eigenvalue weighted by atomic mass is 35.5. The van der Waals surface area contributed by atoms with Crippen LogP contribution in [0.5, 0.6) is 0 Å². The molecule has 2 aliphatic heterocycles. The van der Waals surface area contributed by atoms with Crippen LogP contribution in [-0.2, 0) is 26.5 Å². The molecular weight excluding hydrogens is 896 g/mol. The smallest absolute Gasteiger partial charge is 0.350 e. The molecule has 2 saturated heterocycles. The van der Waals surface area contributed by atoms with Crippen molar-refractivity contribution in [2.75, 3.05) is 44.3 Å². The van der Waals surface area contributed by atoms with E-state index in [2.05, 4.69) is 82.2 Å². The predicted molar refractivity (Wildman–Crippen MR) is 273 cm³/mol. The highest BCUT2D eigenvalue weighted by Gasteiger charge is 2.46. The van der Waals surface area contributed by atoms with Gasteiger partial charge in [0.15, 0.2) is 0 Å². The van der Waals surface area contributed by atoms with E-state index < -0.39 is 5.79 Å². The van der Waals surface area contributed by atoms with Crippen LogP contribution in [0.25, 0.3) is 5.69 Å². The highest BCUT2D eigenvalue weighted by Crippen LogP contribution is 2.42. The fourth-order valence-electron chi connectivity index (χ4n) is 10.5. The van der Waals surface area contributed by atoms with Gasteiger partial charge in [0.1, 0.15) is 44.0 Å². The second-order valence-corrected chi connectivity index (χ2v) is 20.3. The standard InChI is InChI=1S/C54H74Cl2N8O4/c1-4-6-7-14-20-43-21-17-22-45(25-28-52(43)66-35-47-36-67-54(68-47,37-62-39-57-38-58-62)49-26-23-44(55)33-50(49)56)60-29-31-61(32-30-60)51-27-24-46(63-40-59-64(53(63)65)41(3)5-2)34-48(51)42-18-15-12-10-8-9-11-13-16-19-42/h22-28,33-34,38-42,47H,4-21,29-32,35-37H2,1-3H3/b28-25-,45-22+,52-43+/t41?,47?,54-/m1/s1. The number of allylic oxidation sites excluding steroid dienone is 4. The number of unbranched alkanes of at least 4 members (excludes halogenated alkanes) is 3. The molecule has 0 radical (unpaired) electrons. The van der Waals surface area contributed by atoms with Crippen molar-refractivity contribution in [2.45, 2.75) is 167 Å². The van der Waals surface area contributed by atoms with E-state index in [1.54, 1.807) is 38.7 Å². The van der Waals surface area contributed by atoms with Crippen molar-refractivity contribution in [1.29, 1.82) is 0 Å². The van der Waals surface area contributed by atoms with Crippen molar-refractivity contribution in [3.8, 4) is 5.69 Å². The molecule has 4 heterocycles. The largest absolute Gasteiger partial charge is 0.491 e. The lowest BCUT2D eigenvalue weighted by molar-refractivity contribution is -0.191. The van der Waals surface area contributed by atoms with Gasteiger partial charge in [-0.05, 0) is 111 Å². The van der Waals surface area contributed by atoms with Crippen LogP contribution < -0.4 is 10.6 Å². The summed E-state index contributed by atoms with van der Waals surface area (Å²) in [6.07, 6.45) is 32.8. The third kappa shape index (κ3) is 12.5. The van der Waals surface area contributed by atoms with Gasteiger partial charge in [-0.25, -0.2) is 23.7 Å². The van der Waals surface area contributed by atoms with Gasteiger partial charge >= 0.3 is 5.69 Å². The number of nitrogens with zero attached hydrogens (tertiary/aromatic N) is 8. The Hall–Kier alpha value is -4.36. The van der Waals surface area contributed by atoms with Crippen LogP contribution in [0.15, 0.2) is 95.4 Å². The Bertz CT molecular complexity index is 2370. The third-order valence-electron chi connectivity index (χ3n) is 14.6. The second kappa shape index (κ2) is 24.5. The minimum atomic E-state index is -1.18. The quantitative estimate of drug-likeness (QED) is 0.0957. The van der Waals surface area contributed by atoms with Crippen molar-refractivity contribution in [3.63, 3.8) is 0 Å². The summed E-state index contributed by atoms with van der Waals surface area (Å²) >= 11 is 13.1. The van der Waals surface area contributed by atoms with Gasteiger partial charge in [-0.3, -0.25) is 0 Å². The fraction of sp³-hybridized carbons (Fsp3) is 0.593. The van der Waals surface area contributed by atoms with E-state index in [1.807, 2.05) is 6.07 Å². The normalized spacial score (nSPS) is 24.2. The molecule has 3 fully saturated rings. The fourth-order valence-corrected chi connectivity index (χ4v) is 11.1. The second-order valence-electron chi connectivity index (χ2n) is 19.4. The number of benzene rings is 2. The van der Waals surface area contributed by atoms with Gasteiger partial charge in [-0.15, -0.1) is 0 Å². The lowest BCUT2D eigenvalue weighted by atomic mass is 9.86. The average Bonchev–Trinajstić information content (AvgIpc) is 4.10. The SMILES string of the molecule is CCCCCC/C1=C(OCC2CO[C@@](Cn3cncn3)(c3ccc(Cl)cc3Cl)O2)/C=C\C(N2CCN(c3ccc(-n4cnn(C(C)CC)c4=O)cc3C3CCCCCCCCCC3)CC2)=C/CC1. The maximum absolute atomic E-state index is 13.6. The van der Waals surface area contributed by atoms with E-state index in [9.17, 15) is 4.79 Å². The van der Waals surface area contributed by atoms with Crippen LogP contribution in [-0.4, -0.2) is 79.5 Å². The molecule has 14 heteroatoms. The van der Waals surface area contributed by atoms with Crippen LogP contribution in [0.2, 0.25) is 10.0 Å². The number of piperazine rings is 1. The summed E-state index contributed by atoms with van der Waals surface area (Å²) in [4.78, 5) is 22.9. The Balaban J connectivity index is 0.981. The van der Waals surface area contributed by atoms with Gasteiger partial charge in [-0.2, -0.15) is 10.2 Å². The summed E-state index contributed by atoms with van der Waals surface area (Å²) in [5.41, 5.74) is 6.86. The van der Waals surface area contributed by atoms with E-state index in [0.717, 1.165) is 69.7 Å². The molecule has 2 aromatic heterocycles. The molecule has 1 saturated carbocycles. The van der Waals surface area contributed by atoms with Gasteiger partial charge in [0.2, 0.25) is 5.79 Å². The summed E-state index contributed by atoms with van der Waals surface area (Å²) in [5, 5.41) is 9.89. The van der Waals surface area contributed by atoms with Crippen LogP contribution in [0.4, 0.5) is 5.69 Å². The Morgan fingerprint density at radius 3 is 2.35 bits per heavy atom. The number of halogens is 2. The molecule has 0 N–H and O–H groups in total. The van der Waals surface area contributed by atoms with E-state index in [4.69, 9.17) is 37.4 Å². The molecule has 12 nitrogen and oxygen atoms in total. The van der Waals surface area contributed by atoms with Crippen LogP contribution >= 0.6 is 23.2 Å². The summed E-state index contributed by atoms with van der Waals surface area (Å²) in [7, 11) is 0. The molecule has 4 aromatic rings. The topological polar surface area (TPSA) is 105 Å². The van der Waals surface area contributed by atoms with Crippen LogP contribution in [0.1, 0.15) is 159 Å². The first-order chi connectivity index (χ1) is 33.2. The van der Waals surface area contributed by atoms with Crippen molar-refractivity contribution in [1.82, 2.24) is 34.0 Å². The molecule has 8 rings (SSSR count). The third-order valence-corrected chi connectivity index (χ3v) is 15.2. The maximum atomic E-state index is 13.6. The highest BCUT2D eigenvalue weighted by molar-refractivity contribution is 6.35. The first-order valence-corrected chi connectivity index (χ1v) is 26.6. The number of hydrogen-bond acceptors (Lipinski definition) is 9. The van der Waals surface area contributed by atoms with Gasteiger partial charge in [0.25, 0.3) is 0 Å². The van der Waals surface area contributed by atoms with Crippen LogP contribution in [0, 0.1) is 0 Å². The first kappa shape index (κ1) is 50.0. The summed E-state index contributed by atoms with van der Waals surface area (Å²) in [6, 6.07) is 12.2. The Morgan fingerprint density at radius 1 is 0.868 bits per heavy atom. The van der Waals surface area contributed by atoms with Gasteiger partial charge in [0, 0.05) is 48.1 Å². The zero-order valence-electron chi connectivity index (χ0n) is 40.8. The minimum Gasteiger partial charge on any atom is -0.491 e. The van der Waals surface area contributed by atoms with E-state index >= 15 is 0 Å². The van der Waals surface area contributed by atoms with Crippen molar-refractivity contribution in [2.24, 2.45) is 0 Å². The molecule has 3 atom stereocenters. The molecule has 2 aromatic carbocycles. The lowest BCUT2D eigenvalue weighted by Gasteiger charge is -2.39. The predicted octanol–water partition coefficient (Wildman–Crippen LogP) is 12.5. The molecule has 2 aliphatic carbocycles. The van der Waals surface area contributed by atoms with Gasteiger partial charge in [-0.1, -0.05) is 120 Å². The number of aromatic nitrogens is 6. The zero-order chi connectivity index (χ0) is 47.3. The van der Waals surface area contributed by atoms with Gasteiger partial charge < -0.3 is 24.0 Å². The number of rotatable bonds is 17. The van der Waals surface area contributed by atoms with E-state index in [0.29, 0.717) is 34.7 Å². The van der Waals surface area contributed by atoms with Crippen molar-refractivity contribution in [3.05, 3.63) is 122 Å². The van der Waals surface area contributed by atoms with Crippen molar-refractivity contribution < 1.29 is 14.2 Å². The number of anilines is 1. The molecule has 368 valence electrons. The number of ether oxygens (including phenoxy) is 3. The summed E-state index contributed by atoms with van der Waals surface area (Å²) in [6.45, 7) is 11.0. The number of hydrogen-bond donors (Lipinski definition) is 0.